The average Bonchev–Trinajstić information content (AvgIpc) is 1.90. The summed E-state index contributed by atoms with van der Waals surface area (Å²) in [4.78, 5) is 2.39. The van der Waals surface area contributed by atoms with Gasteiger partial charge in [0, 0.05) is 13.1 Å². The summed E-state index contributed by atoms with van der Waals surface area (Å²) in [5, 5.41) is 0. The van der Waals surface area contributed by atoms with Gasteiger partial charge in [0.2, 0.25) is 0 Å². The lowest BCUT2D eigenvalue weighted by Gasteiger charge is -2.24. The Kier molecular flexibility index (Phi) is 16.8. The van der Waals surface area contributed by atoms with Crippen LogP contribution in [0.4, 0.5) is 0 Å². The number of rotatable bonds is 1. The van der Waals surface area contributed by atoms with Crippen LogP contribution in [-0.2, 0) is 4.74 Å². The molecule has 0 spiro atoms. The molecule has 1 fully saturated rings. The minimum atomic E-state index is 0. The molecule has 0 aromatic carbocycles. The molecule has 0 radical (unpaired) electrons. The number of hydrogen-bond donors (Lipinski definition) is 0. The van der Waals surface area contributed by atoms with Crippen LogP contribution in [0.2, 0.25) is 0 Å². The smallest absolute Gasteiger partial charge is 0.0594 e. The van der Waals surface area contributed by atoms with Gasteiger partial charge in [-0.15, -0.1) is 24.8 Å². The third-order valence-corrected chi connectivity index (χ3v) is 1.55. The minimum Gasteiger partial charge on any atom is -0.379 e. The van der Waals surface area contributed by atoms with Gasteiger partial charge in [-0.1, -0.05) is 14.4 Å². The van der Waals surface area contributed by atoms with E-state index >= 15 is 0 Å². The number of morpholine rings is 1. The topological polar surface area (TPSA) is 12.5 Å². The molecule has 11 heavy (non-hydrogen) atoms. The quantitative estimate of drug-likeness (QED) is 0.646. The molecule has 1 aliphatic heterocycles. The lowest BCUT2D eigenvalue weighted by Crippen LogP contribution is -2.35. The highest BCUT2D eigenvalue weighted by Gasteiger charge is 2.05. The second kappa shape index (κ2) is 10.5. The molecule has 1 saturated heterocycles. The summed E-state index contributed by atoms with van der Waals surface area (Å²) in [6, 6.07) is 0. The van der Waals surface area contributed by atoms with Crippen molar-refractivity contribution < 1.29 is 4.74 Å². The molecule has 0 aromatic rings. The molecule has 0 aliphatic carbocycles. The maximum atomic E-state index is 5.16. The van der Waals surface area contributed by atoms with Gasteiger partial charge in [-0.25, -0.2) is 0 Å². The SMILES string of the molecule is C.CCN1CCOCC1.Cl.Cl. The van der Waals surface area contributed by atoms with Crippen molar-refractivity contribution in [1.29, 1.82) is 0 Å². The van der Waals surface area contributed by atoms with E-state index in [4.69, 9.17) is 4.74 Å². The highest BCUT2D eigenvalue weighted by atomic mass is 35.5. The number of ether oxygens (including phenoxy) is 1. The largest absolute Gasteiger partial charge is 0.379 e. The van der Waals surface area contributed by atoms with Crippen molar-refractivity contribution in [2.24, 2.45) is 0 Å². The summed E-state index contributed by atoms with van der Waals surface area (Å²) in [6.45, 7) is 7.45. The maximum absolute atomic E-state index is 5.16. The molecule has 0 aromatic heterocycles. The molecular weight excluding hydrogens is 185 g/mol. The van der Waals surface area contributed by atoms with Gasteiger partial charge >= 0.3 is 0 Å². The third kappa shape index (κ3) is 6.88. The molecule has 1 rings (SSSR count). The minimum absolute atomic E-state index is 0. The molecule has 72 valence electrons. The van der Waals surface area contributed by atoms with Crippen molar-refractivity contribution >= 4 is 24.8 Å². The molecule has 0 N–H and O–H groups in total. The van der Waals surface area contributed by atoms with Gasteiger partial charge in [0.25, 0.3) is 0 Å². The van der Waals surface area contributed by atoms with Gasteiger partial charge in [-0.05, 0) is 6.54 Å². The number of likely N-dealkylation sites (N-methyl/N-ethyl adjacent to an activating group) is 1. The first-order valence-electron chi connectivity index (χ1n) is 3.23. The zero-order valence-electron chi connectivity index (χ0n) is 6.21. The number of halogens is 2. The lowest BCUT2D eigenvalue weighted by molar-refractivity contribution is 0.0405. The third-order valence-electron chi connectivity index (χ3n) is 1.55. The first-order chi connectivity index (χ1) is 3.93. The Hall–Kier alpha value is 0.500. The lowest BCUT2D eigenvalue weighted by atomic mass is 10.4. The van der Waals surface area contributed by atoms with E-state index in [0.29, 0.717) is 0 Å². The van der Waals surface area contributed by atoms with Crippen molar-refractivity contribution in [1.82, 2.24) is 4.90 Å². The van der Waals surface area contributed by atoms with Crippen LogP contribution in [0.3, 0.4) is 0 Å². The van der Waals surface area contributed by atoms with Gasteiger partial charge in [0.1, 0.15) is 0 Å². The molecule has 0 amide bonds. The van der Waals surface area contributed by atoms with E-state index in [0.717, 1.165) is 26.3 Å². The molecule has 2 nitrogen and oxygen atoms in total. The highest BCUT2D eigenvalue weighted by molar-refractivity contribution is 5.85. The molecule has 0 bridgehead atoms. The first-order valence-corrected chi connectivity index (χ1v) is 3.23. The normalized spacial score (nSPS) is 17.2. The summed E-state index contributed by atoms with van der Waals surface area (Å²) in [7, 11) is 0. The average molecular weight is 204 g/mol. The maximum Gasteiger partial charge on any atom is 0.0594 e. The number of nitrogens with zero attached hydrogens (tertiary/aromatic N) is 1. The molecule has 0 atom stereocenters. The van der Waals surface area contributed by atoms with E-state index in [1.807, 2.05) is 0 Å². The Morgan fingerprint density at radius 3 is 1.91 bits per heavy atom. The van der Waals surface area contributed by atoms with Crippen molar-refractivity contribution in [2.75, 3.05) is 32.8 Å². The fourth-order valence-corrected chi connectivity index (χ4v) is 0.917. The predicted octanol–water partition coefficient (Wildman–Crippen LogP) is 1.82. The molecule has 1 aliphatic rings. The molecule has 1 heterocycles. The van der Waals surface area contributed by atoms with Gasteiger partial charge in [-0.2, -0.15) is 0 Å². The molecule has 0 saturated carbocycles. The van der Waals surface area contributed by atoms with E-state index in [1.54, 1.807) is 0 Å². The Morgan fingerprint density at radius 2 is 1.64 bits per heavy atom. The van der Waals surface area contributed by atoms with Gasteiger partial charge in [0.05, 0.1) is 13.2 Å². The fourth-order valence-electron chi connectivity index (χ4n) is 0.917. The fraction of sp³-hybridized carbons (Fsp3) is 1.00. The summed E-state index contributed by atoms with van der Waals surface area (Å²) < 4.78 is 5.16. The van der Waals surface area contributed by atoms with Crippen LogP contribution < -0.4 is 0 Å². The van der Waals surface area contributed by atoms with Gasteiger partial charge < -0.3 is 4.74 Å². The summed E-state index contributed by atoms with van der Waals surface area (Å²) in [5.41, 5.74) is 0. The predicted molar refractivity (Wildman–Crippen MR) is 54.2 cm³/mol. The van der Waals surface area contributed by atoms with E-state index in [2.05, 4.69) is 11.8 Å². The summed E-state index contributed by atoms with van der Waals surface area (Å²) in [6.07, 6.45) is 0. The Bertz CT molecular complexity index is 67.5. The first kappa shape index (κ1) is 17.5. The molecular formula is C7H19Cl2NO. The summed E-state index contributed by atoms with van der Waals surface area (Å²) in [5.74, 6) is 0. The Morgan fingerprint density at radius 1 is 1.18 bits per heavy atom. The van der Waals surface area contributed by atoms with Crippen LogP contribution in [0.25, 0.3) is 0 Å². The van der Waals surface area contributed by atoms with Gasteiger partial charge in [0.15, 0.2) is 0 Å². The van der Waals surface area contributed by atoms with Gasteiger partial charge in [-0.3, -0.25) is 4.90 Å². The van der Waals surface area contributed by atoms with Crippen molar-refractivity contribution in [3.05, 3.63) is 0 Å². The molecule has 4 heteroatoms. The zero-order valence-corrected chi connectivity index (χ0v) is 7.84. The standard InChI is InChI=1S/C6H13NO.CH4.2ClH/c1-2-7-3-5-8-6-4-7;;;/h2-6H2,1H3;1H4;2*1H. The van der Waals surface area contributed by atoms with Crippen LogP contribution in [0.1, 0.15) is 14.4 Å². The summed E-state index contributed by atoms with van der Waals surface area (Å²) >= 11 is 0. The van der Waals surface area contributed by atoms with Crippen LogP contribution in [0.5, 0.6) is 0 Å². The van der Waals surface area contributed by atoms with Crippen LogP contribution >= 0.6 is 24.8 Å². The van der Waals surface area contributed by atoms with Crippen LogP contribution in [0, 0.1) is 0 Å². The van der Waals surface area contributed by atoms with Crippen LogP contribution in [0.15, 0.2) is 0 Å². The van der Waals surface area contributed by atoms with E-state index in [9.17, 15) is 0 Å². The van der Waals surface area contributed by atoms with Crippen LogP contribution in [-0.4, -0.2) is 37.7 Å². The highest BCUT2D eigenvalue weighted by Crippen LogP contribution is 1.93. The van der Waals surface area contributed by atoms with Crippen molar-refractivity contribution in [3.8, 4) is 0 Å². The zero-order chi connectivity index (χ0) is 5.82. The Balaban J connectivity index is -0.000000213. The van der Waals surface area contributed by atoms with E-state index < -0.39 is 0 Å². The monoisotopic (exact) mass is 203 g/mol. The number of hydrogen-bond acceptors (Lipinski definition) is 2. The second-order valence-corrected chi connectivity index (χ2v) is 2.05. The van der Waals surface area contributed by atoms with Crippen molar-refractivity contribution in [2.45, 2.75) is 14.4 Å². The van der Waals surface area contributed by atoms with E-state index in [-0.39, 0.29) is 32.2 Å². The Labute approximate surface area is 82.1 Å². The van der Waals surface area contributed by atoms with Crippen molar-refractivity contribution in [3.63, 3.8) is 0 Å². The second-order valence-electron chi connectivity index (χ2n) is 2.05. The molecule has 0 unspecified atom stereocenters. The van der Waals surface area contributed by atoms with E-state index in [1.165, 1.54) is 6.54 Å².